The van der Waals surface area contributed by atoms with Gasteiger partial charge in [0.15, 0.2) is 5.13 Å². The fraction of sp³-hybridized carbons (Fsp3) is 0.0333. The summed E-state index contributed by atoms with van der Waals surface area (Å²) in [4.78, 5) is 17.2. The van der Waals surface area contributed by atoms with Crippen molar-refractivity contribution >= 4 is 80.1 Å². The Morgan fingerprint density at radius 3 is 2.52 bits per heavy atom. The lowest BCUT2D eigenvalue weighted by Crippen LogP contribution is -2.17. The second-order valence-corrected chi connectivity index (χ2v) is 11.4. The van der Waals surface area contributed by atoms with E-state index in [0.717, 1.165) is 42.5 Å². The largest absolute Gasteiger partial charge is 0.488 e. The molecule has 0 aliphatic carbocycles. The van der Waals surface area contributed by atoms with Gasteiger partial charge in [0, 0.05) is 37.8 Å². The third-order valence-corrected chi connectivity index (χ3v) is 7.94. The molecule has 6 nitrogen and oxygen atoms in total. The molecule has 0 saturated carbocycles. The molecule has 0 aliphatic heterocycles. The molecule has 40 heavy (non-hydrogen) atoms. The molecule has 5 rings (SSSR count). The molecule has 200 valence electrons. The molecule has 4 aromatic carbocycles. The molecular weight excluding hydrogens is 678 g/mol. The number of hydrazone groups is 1. The number of carbonyl (C=O) groups excluding carboxylic acids is 1. The highest BCUT2D eigenvalue weighted by molar-refractivity contribution is 14.1. The van der Waals surface area contributed by atoms with Gasteiger partial charge in [-0.2, -0.15) is 5.10 Å². The molecule has 5 aromatic rings. The normalized spacial score (nSPS) is 11.0. The topological polar surface area (TPSA) is 75.6 Å². The van der Waals surface area contributed by atoms with Gasteiger partial charge >= 0.3 is 0 Å². The Morgan fingerprint density at radius 1 is 1.00 bits per heavy atom. The van der Waals surface area contributed by atoms with Crippen LogP contribution in [0.25, 0.3) is 11.3 Å². The van der Waals surface area contributed by atoms with E-state index >= 15 is 0 Å². The summed E-state index contributed by atoms with van der Waals surface area (Å²) in [6.45, 7) is 0.377. The molecule has 0 spiro atoms. The maximum atomic E-state index is 12.6. The van der Waals surface area contributed by atoms with Crippen LogP contribution < -0.4 is 15.5 Å². The average Bonchev–Trinajstić information content (AvgIpc) is 3.43. The van der Waals surface area contributed by atoms with Crippen LogP contribution >= 0.6 is 57.1 Å². The Hall–Kier alpha value is -3.44. The number of rotatable bonds is 9. The van der Waals surface area contributed by atoms with E-state index in [1.165, 1.54) is 11.3 Å². The molecule has 0 saturated heterocycles. The van der Waals surface area contributed by atoms with Gasteiger partial charge in [-0.3, -0.25) is 4.79 Å². The molecule has 0 aliphatic rings. The Morgan fingerprint density at radius 2 is 1.77 bits per heavy atom. The molecular formula is C30H21Cl2IN4O2S. The zero-order valence-corrected chi connectivity index (χ0v) is 25.3. The highest BCUT2D eigenvalue weighted by Crippen LogP contribution is 2.28. The lowest BCUT2D eigenvalue weighted by atomic mass is 10.1. The van der Waals surface area contributed by atoms with Gasteiger partial charge in [0.25, 0.3) is 5.91 Å². The van der Waals surface area contributed by atoms with E-state index < -0.39 is 0 Å². The summed E-state index contributed by atoms with van der Waals surface area (Å²) in [5, 5.41) is 11.5. The van der Waals surface area contributed by atoms with E-state index in [9.17, 15) is 4.79 Å². The minimum Gasteiger partial charge on any atom is -0.488 e. The average molecular weight is 699 g/mol. The number of aromatic nitrogens is 1. The van der Waals surface area contributed by atoms with E-state index in [4.69, 9.17) is 27.9 Å². The van der Waals surface area contributed by atoms with Crippen LogP contribution in [-0.2, 0) is 6.61 Å². The van der Waals surface area contributed by atoms with Crippen molar-refractivity contribution in [3.05, 3.63) is 127 Å². The number of thiazole rings is 1. The fourth-order valence-electron chi connectivity index (χ4n) is 3.63. The monoisotopic (exact) mass is 698 g/mol. The molecule has 10 heteroatoms. The standard InChI is InChI=1S/C30H21Cl2IN4O2S/c31-23-10-12-24(13-11-23)35-30-36-27(18-40-30)20-6-8-21(9-7-20)29(38)37-34-16-19-5-14-28(26(33)15-19)39-17-22-3-1-2-4-25(22)32/h1-16,18H,17H2,(H,35,36)(H,37,38)/b34-16-. The van der Waals surface area contributed by atoms with E-state index in [1.54, 1.807) is 18.3 Å². The van der Waals surface area contributed by atoms with Crippen LogP contribution in [0.1, 0.15) is 21.5 Å². The van der Waals surface area contributed by atoms with Gasteiger partial charge in [-0.25, -0.2) is 10.4 Å². The molecule has 0 bridgehead atoms. The third-order valence-electron chi connectivity index (χ3n) is 5.72. The van der Waals surface area contributed by atoms with Gasteiger partial charge in [-0.15, -0.1) is 11.3 Å². The van der Waals surface area contributed by atoms with Crippen molar-refractivity contribution in [2.24, 2.45) is 5.10 Å². The minimum atomic E-state index is -0.305. The number of amides is 1. The summed E-state index contributed by atoms with van der Waals surface area (Å²) in [7, 11) is 0. The lowest BCUT2D eigenvalue weighted by molar-refractivity contribution is 0.0955. The molecule has 1 heterocycles. The zero-order chi connectivity index (χ0) is 27.9. The quantitative estimate of drug-likeness (QED) is 0.0917. The first-order chi connectivity index (χ1) is 19.4. The van der Waals surface area contributed by atoms with Gasteiger partial charge in [0.2, 0.25) is 0 Å². The van der Waals surface area contributed by atoms with E-state index in [2.05, 4.69) is 43.4 Å². The Bertz CT molecular complexity index is 1660. The SMILES string of the molecule is O=C(N/N=C\c1ccc(OCc2ccccc2Cl)c(I)c1)c1ccc(-c2csc(Nc3ccc(Cl)cc3)n2)cc1. The van der Waals surface area contributed by atoms with Crippen LogP contribution in [0.2, 0.25) is 10.0 Å². The second-order valence-electron chi connectivity index (χ2n) is 8.52. The molecule has 0 radical (unpaired) electrons. The summed E-state index contributed by atoms with van der Waals surface area (Å²) >= 11 is 15.9. The highest BCUT2D eigenvalue weighted by Gasteiger charge is 2.09. The van der Waals surface area contributed by atoms with Crippen molar-refractivity contribution in [3.63, 3.8) is 0 Å². The number of halogens is 3. The lowest BCUT2D eigenvalue weighted by Gasteiger charge is -2.10. The smallest absolute Gasteiger partial charge is 0.271 e. The van der Waals surface area contributed by atoms with Crippen LogP contribution in [0, 0.1) is 3.57 Å². The maximum Gasteiger partial charge on any atom is 0.271 e. The number of nitrogens with zero attached hydrogens (tertiary/aromatic N) is 2. The Balaban J connectivity index is 1.14. The van der Waals surface area contributed by atoms with Gasteiger partial charge in [0.1, 0.15) is 12.4 Å². The second kappa shape index (κ2) is 13.3. The predicted octanol–water partition coefficient (Wildman–Crippen LogP) is 8.81. The van der Waals surface area contributed by atoms with E-state index in [-0.39, 0.29) is 5.91 Å². The van der Waals surface area contributed by atoms with Crippen LogP contribution in [0.5, 0.6) is 5.75 Å². The zero-order valence-electron chi connectivity index (χ0n) is 20.8. The number of ether oxygens (including phenoxy) is 1. The summed E-state index contributed by atoms with van der Waals surface area (Å²) in [6, 6.07) is 27.9. The summed E-state index contributed by atoms with van der Waals surface area (Å²) in [5.41, 5.74) is 7.46. The number of hydrogen-bond acceptors (Lipinski definition) is 6. The fourth-order valence-corrected chi connectivity index (χ4v) is 5.38. The predicted molar refractivity (Wildman–Crippen MR) is 172 cm³/mol. The van der Waals surface area contributed by atoms with Gasteiger partial charge < -0.3 is 10.1 Å². The van der Waals surface area contributed by atoms with E-state index in [1.807, 2.05) is 84.2 Å². The highest BCUT2D eigenvalue weighted by atomic mass is 127. The summed E-state index contributed by atoms with van der Waals surface area (Å²) in [6.07, 6.45) is 1.59. The summed E-state index contributed by atoms with van der Waals surface area (Å²) < 4.78 is 6.84. The summed E-state index contributed by atoms with van der Waals surface area (Å²) in [5.74, 6) is 0.440. The molecule has 0 atom stereocenters. The van der Waals surface area contributed by atoms with Crippen LogP contribution in [0.15, 0.2) is 101 Å². The minimum absolute atomic E-state index is 0.305. The van der Waals surface area contributed by atoms with Crippen molar-refractivity contribution in [1.29, 1.82) is 0 Å². The van der Waals surface area contributed by atoms with Crippen molar-refractivity contribution in [2.75, 3.05) is 5.32 Å². The molecule has 1 aromatic heterocycles. The van der Waals surface area contributed by atoms with Crippen molar-refractivity contribution in [2.45, 2.75) is 6.61 Å². The first-order valence-electron chi connectivity index (χ1n) is 12.0. The van der Waals surface area contributed by atoms with Crippen LogP contribution in [0.3, 0.4) is 0 Å². The van der Waals surface area contributed by atoms with Crippen LogP contribution in [0.4, 0.5) is 10.8 Å². The number of carbonyl (C=O) groups is 1. The first kappa shape index (κ1) is 28.1. The van der Waals surface area contributed by atoms with Crippen molar-refractivity contribution in [1.82, 2.24) is 10.4 Å². The van der Waals surface area contributed by atoms with Gasteiger partial charge in [-0.1, -0.05) is 53.5 Å². The maximum absolute atomic E-state index is 12.6. The Kier molecular flexibility index (Phi) is 9.33. The molecule has 0 unspecified atom stereocenters. The van der Waals surface area contributed by atoms with Crippen molar-refractivity contribution < 1.29 is 9.53 Å². The van der Waals surface area contributed by atoms with Crippen LogP contribution in [-0.4, -0.2) is 17.1 Å². The third kappa shape index (κ3) is 7.39. The molecule has 0 fully saturated rings. The number of anilines is 2. The molecule has 2 N–H and O–H groups in total. The van der Waals surface area contributed by atoms with Gasteiger partial charge in [0.05, 0.1) is 15.5 Å². The van der Waals surface area contributed by atoms with Gasteiger partial charge in [-0.05, 0) is 88.8 Å². The van der Waals surface area contributed by atoms with E-state index in [0.29, 0.717) is 22.2 Å². The Labute approximate surface area is 259 Å². The first-order valence-corrected chi connectivity index (χ1v) is 14.7. The van der Waals surface area contributed by atoms with Crippen molar-refractivity contribution in [3.8, 4) is 17.0 Å². The number of benzene rings is 4. The number of nitrogens with one attached hydrogen (secondary N) is 2. The number of hydrogen-bond donors (Lipinski definition) is 2. The molecule has 1 amide bonds.